The number of allylic oxidation sites excluding steroid dienone is 8. The summed E-state index contributed by atoms with van der Waals surface area (Å²) in [7, 11) is 0. The number of hydrogen-bond acceptors (Lipinski definition) is 6. The van der Waals surface area contributed by atoms with Crippen molar-refractivity contribution in [2.45, 2.75) is 284 Å². The molecule has 0 N–H and O–H groups in total. The molecule has 0 rings (SSSR count). The van der Waals surface area contributed by atoms with Crippen LogP contribution in [0.3, 0.4) is 0 Å². The van der Waals surface area contributed by atoms with E-state index in [-0.39, 0.29) is 31.1 Å². The Morgan fingerprint density at radius 1 is 0.317 bits per heavy atom. The molecule has 0 fully saturated rings. The van der Waals surface area contributed by atoms with Crippen LogP contribution in [-0.4, -0.2) is 37.2 Å². The zero-order valence-electron chi connectivity index (χ0n) is 41.8. The maximum Gasteiger partial charge on any atom is 0.306 e. The molecule has 0 saturated carbocycles. The first-order valence-electron chi connectivity index (χ1n) is 27.1. The van der Waals surface area contributed by atoms with Crippen molar-refractivity contribution in [2.75, 3.05) is 13.2 Å². The van der Waals surface area contributed by atoms with E-state index >= 15 is 0 Å². The van der Waals surface area contributed by atoms with Crippen LogP contribution in [0.1, 0.15) is 278 Å². The average molecular weight is 883 g/mol. The van der Waals surface area contributed by atoms with Gasteiger partial charge in [-0.15, -0.1) is 0 Å². The van der Waals surface area contributed by atoms with Gasteiger partial charge in [-0.2, -0.15) is 0 Å². The molecular weight excluding hydrogens is 781 g/mol. The molecule has 0 aromatic rings. The summed E-state index contributed by atoms with van der Waals surface area (Å²) in [6, 6.07) is 0. The van der Waals surface area contributed by atoms with Crippen LogP contribution >= 0.6 is 0 Å². The van der Waals surface area contributed by atoms with Crippen LogP contribution in [0.15, 0.2) is 48.6 Å². The maximum absolute atomic E-state index is 12.8. The molecule has 0 aliphatic carbocycles. The lowest BCUT2D eigenvalue weighted by Gasteiger charge is -2.18. The first kappa shape index (κ1) is 60.4. The number of carbonyl (C=O) groups excluding carboxylic acids is 3. The molecule has 6 heteroatoms. The summed E-state index contributed by atoms with van der Waals surface area (Å²) in [4.78, 5) is 38.0. The van der Waals surface area contributed by atoms with E-state index in [9.17, 15) is 14.4 Å². The second kappa shape index (κ2) is 52.0. The van der Waals surface area contributed by atoms with Gasteiger partial charge in [0.1, 0.15) is 13.2 Å². The lowest BCUT2D eigenvalue weighted by molar-refractivity contribution is -0.167. The number of ether oxygens (including phenoxy) is 3. The molecule has 0 aliphatic heterocycles. The Balaban J connectivity index is 4.37. The monoisotopic (exact) mass is 883 g/mol. The summed E-state index contributed by atoms with van der Waals surface area (Å²) in [6.07, 6.45) is 62.3. The maximum atomic E-state index is 12.8. The Kier molecular flexibility index (Phi) is 49.8. The molecule has 0 aliphatic rings. The smallest absolute Gasteiger partial charge is 0.306 e. The van der Waals surface area contributed by atoms with Crippen LogP contribution in [0.5, 0.6) is 0 Å². The molecule has 1 unspecified atom stereocenters. The van der Waals surface area contributed by atoms with Crippen molar-refractivity contribution < 1.29 is 28.6 Å². The van der Waals surface area contributed by atoms with E-state index in [1.807, 2.05) is 0 Å². The Morgan fingerprint density at radius 2 is 0.603 bits per heavy atom. The Bertz CT molecular complexity index is 1110. The highest BCUT2D eigenvalue weighted by Gasteiger charge is 2.19. The van der Waals surface area contributed by atoms with Crippen molar-refractivity contribution in [3.8, 4) is 0 Å². The second-order valence-electron chi connectivity index (χ2n) is 18.1. The van der Waals surface area contributed by atoms with Gasteiger partial charge >= 0.3 is 17.9 Å². The number of unbranched alkanes of at least 4 members (excludes halogenated alkanes) is 30. The van der Waals surface area contributed by atoms with Crippen LogP contribution < -0.4 is 0 Å². The van der Waals surface area contributed by atoms with Crippen molar-refractivity contribution in [1.82, 2.24) is 0 Å². The van der Waals surface area contributed by atoms with Gasteiger partial charge < -0.3 is 14.2 Å². The number of hydrogen-bond donors (Lipinski definition) is 0. The molecule has 0 radical (unpaired) electrons. The third kappa shape index (κ3) is 50.2. The normalized spacial score (nSPS) is 12.4. The minimum atomic E-state index is -0.779. The van der Waals surface area contributed by atoms with Gasteiger partial charge in [0.25, 0.3) is 0 Å². The predicted octanol–water partition coefficient (Wildman–Crippen LogP) is 17.9. The van der Waals surface area contributed by atoms with Crippen molar-refractivity contribution in [2.24, 2.45) is 0 Å². The zero-order valence-corrected chi connectivity index (χ0v) is 41.8. The van der Waals surface area contributed by atoms with Crippen molar-refractivity contribution >= 4 is 17.9 Å². The fourth-order valence-electron chi connectivity index (χ4n) is 7.69. The largest absolute Gasteiger partial charge is 0.462 e. The predicted molar refractivity (Wildman–Crippen MR) is 270 cm³/mol. The van der Waals surface area contributed by atoms with E-state index < -0.39 is 6.10 Å². The Labute approximate surface area is 390 Å². The highest BCUT2D eigenvalue weighted by atomic mass is 16.6. The third-order valence-electron chi connectivity index (χ3n) is 11.8. The number of carbonyl (C=O) groups is 3. The SMILES string of the molecule is CCC/C=C\C/C=C\CCCCCCCC(=O)OCC(COC(=O)CCCCCCCCC/C=C\C/C=C\CCCCC)OC(=O)CCCCCCCCCCCCCCCCC. The van der Waals surface area contributed by atoms with Crippen LogP contribution in [0.25, 0.3) is 0 Å². The average Bonchev–Trinajstić information content (AvgIpc) is 3.28. The van der Waals surface area contributed by atoms with Crippen molar-refractivity contribution in [3.05, 3.63) is 48.6 Å². The Hall–Kier alpha value is -2.63. The van der Waals surface area contributed by atoms with E-state index in [0.29, 0.717) is 19.3 Å². The highest BCUT2D eigenvalue weighted by Crippen LogP contribution is 2.16. The van der Waals surface area contributed by atoms with Crippen LogP contribution in [0, 0.1) is 0 Å². The van der Waals surface area contributed by atoms with Gasteiger partial charge in [-0.1, -0.05) is 230 Å². The number of rotatable bonds is 49. The van der Waals surface area contributed by atoms with Gasteiger partial charge in [0.15, 0.2) is 6.10 Å². The summed E-state index contributed by atoms with van der Waals surface area (Å²) in [5, 5.41) is 0. The van der Waals surface area contributed by atoms with E-state index in [4.69, 9.17) is 14.2 Å². The number of esters is 3. The first-order chi connectivity index (χ1) is 31.0. The molecule has 6 nitrogen and oxygen atoms in total. The van der Waals surface area contributed by atoms with Gasteiger partial charge in [0.05, 0.1) is 0 Å². The van der Waals surface area contributed by atoms with Gasteiger partial charge in [-0.05, 0) is 77.0 Å². The second-order valence-corrected chi connectivity index (χ2v) is 18.1. The first-order valence-corrected chi connectivity index (χ1v) is 27.1. The molecule has 0 amide bonds. The Morgan fingerprint density at radius 3 is 0.968 bits per heavy atom. The summed E-state index contributed by atoms with van der Waals surface area (Å²) in [5.74, 6) is -0.890. The summed E-state index contributed by atoms with van der Waals surface area (Å²) < 4.78 is 16.8. The molecule has 0 saturated heterocycles. The zero-order chi connectivity index (χ0) is 45.8. The third-order valence-corrected chi connectivity index (χ3v) is 11.8. The van der Waals surface area contributed by atoms with E-state index in [2.05, 4.69) is 69.4 Å². The fourth-order valence-corrected chi connectivity index (χ4v) is 7.69. The fraction of sp³-hybridized carbons (Fsp3) is 0.807. The quantitative estimate of drug-likeness (QED) is 0.0262. The summed E-state index contributed by atoms with van der Waals surface area (Å²) in [6.45, 7) is 6.55. The molecule has 63 heavy (non-hydrogen) atoms. The molecule has 0 aromatic carbocycles. The molecule has 366 valence electrons. The minimum Gasteiger partial charge on any atom is -0.462 e. The molecule has 1 atom stereocenters. The molecule has 0 spiro atoms. The van der Waals surface area contributed by atoms with Crippen molar-refractivity contribution in [1.29, 1.82) is 0 Å². The van der Waals surface area contributed by atoms with Gasteiger partial charge in [-0.3, -0.25) is 14.4 Å². The van der Waals surface area contributed by atoms with E-state index in [0.717, 1.165) is 96.3 Å². The van der Waals surface area contributed by atoms with Gasteiger partial charge in [-0.25, -0.2) is 0 Å². The van der Waals surface area contributed by atoms with E-state index in [1.54, 1.807) is 0 Å². The minimum absolute atomic E-state index is 0.0795. The lowest BCUT2D eigenvalue weighted by atomic mass is 10.0. The van der Waals surface area contributed by atoms with Gasteiger partial charge in [0, 0.05) is 19.3 Å². The van der Waals surface area contributed by atoms with Crippen LogP contribution in [-0.2, 0) is 28.6 Å². The molecule has 0 bridgehead atoms. The van der Waals surface area contributed by atoms with Gasteiger partial charge in [0.2, 0.25) is 0 Å². The van der Waals surface area contributed by atoms with Crippen molar-refractivity contribution in [3.63, 3.8) is 0 Å². The summed E-state index contributed by atoms with van der Waals surface area (Å²) >= 11 is 0. The molecule has 0 heterocycles. The standard InChI is InChI=1S/C57H102O6/c1-4-7-10-13-16-19-22-25-27-28-30-32-35-38-41-44-47-50-56(59)62-53-54(52-61-55(58)49-46-43-40-37-34-31-24-21-18-15-12-9-6-3)63-57(60)51-48-45-42-39-36-33-29-26-23-20-17-14-11-8-5-2/h12,15-16,19,21,24-25,27,54H,4-11,13-14,17-18,20,22-23,26,28-53H2,1-3H3/b15-12-,19-16-,24-21-,27-25-. The van der Waals surface area contributed by atoms with Crippen LogP contribution in [0.4, 0.5) is 0 Å². The topological polar surface area (TPSA) is 78.9 Å². The van der Waals surface area contributed by atoms with E-state index in [1.165, 1.54) is 141 Å². The lowest BCUT2D eigenvalue weighted by Crippen LogP contribution is -2.30. The molecular formula is C57H102O6. The highest BCUT2D eigenvalue weighted by molar-refractivity contribution is 5.71. The summed E-state index contributed by atoms with van der Waals surface area (Å²) in [5.41, 5.74) is 0. The van der Waals surface area contributed by atoms with Crippen LogP contribution in [0.2, 0.25) is 0 Å². The molecule has 0 aromatic heterocycles.